The van der Waals surface area contributed by atoms with Gasteiger partial charge >= 0.3 is 0 Å². The van der Waals surface area contributed by atoms with Crippen LogP contribution in [0.5, 0.6) is 0 Å². The summed E-state index contributed by atoms with van der Waals surface area (Å²) in [7, 11) is 0. The summed E-state index contributed by atoms with van der Waals surface area (Å²) in [5.74, 6) is 0.701. The average Bonchev–Trinajstić information content (AvgIpc) is 2.81. The zero-order valence-corrected chi connectivity index (χ0v) is 11.8. The third-order valence-corrected chi connectivity index (χ3v) is 5.30. The van der Waals surface area contributed by atoms with Crippen molar-refractivity contribution in [3.63, 3.8) is 0 Å². The zero-order chi connectivity index (χ0) is 12.4. The Morgan fingerprint density at radius 3 is 2.78 bits per heavy atom. The van der Waals surface area contributed by atoms with Gasteiger partial charge in [-0.1, -0.05) is 12.1 Å². The lowest BCUT2D eigenvalue weighted by Crippen LogP contribution is -2.33. The standard InChI is InChI=1S/C14H16ClNOS/c15-10-14(5-7-17-8-6-14)9-13-16-11-3-1-2-4-12(11)18-13/h1-4H,5-10H2. The van der Waals surface area contributed by atoms with E-state index in [1.807, 2.05) is 6.07 Å². The van der Waals surface area contributed by atoms with Crippen LogP contribution in [0.4, 0.5) is 0 Å². The van der Waals surface area contributed by atoms with Gasteiger partial charge in [0.2, 0.25) is 0 Å². The molecule has 3 rings (SSSR count). The van der Waals surface area contributed by atoms with Crippen LogP contribution in [0, 0.1) is 5.41 Å². The third kappa shape index (κ3) is 2.40. The Morgan fingerprint density at radius 1 is 1.28 bits per heavy atom. The van der Waals surface area contributed by atoms with E-state index in [9.17, 15) is 0 Å². The molecule has 0 radical (unpaired) electrons. The maximum atomic E-state index is 6.21. The molecule has 0 amide bonds. The molecule has 1 aromatic carbocycles. The van der Waals surface area contributed by atoms with E-state index in [0.29, 0.717) is 5.88 Å². The molecule has 0 saturated carbocycles. The van der Waals surface area contributed by atoms with Crippen molar-refractivity contribution in [2.75, 3.05) is 19.1 Å². The van der Waals surface area contributed by atoms with E-state index in [1.165, 1.54) is 9.71 Å². The number of aromatic nitrogens is 1. The molecule has 96 valence electrons. The Bertz CT molecular complexity index is 500. The Labute approximate surface area is 116 Å². The summed E-state index contributed by atoms with van der Waals surface area (Å²) in [5, 5.41) is 1.21. The molecule has 0 aliphatic carbocycles. The largest absolute Gasteiger partial charge is 0.381 e. The molecule has 18 heavy (non-hydrogen) atoms. The molecule has 1 aromatic heterocycles. The molecule has 1 aliphatic rings. The second-order valence-electron chi connectivity index (χ2n) is 5.00. The molecule has 0 N–H and O–H groups in total. The fourth-order valence-electron chi connectivity index (χ4n) is 2.48. The van der Waals surface area contributed by atoms with Crippen LogP contribution in [0.1, 0.15) is 17.8 Å². The van der Waals surface area contributed by atoms with E-state index in [0.717, 1.165) is 38.0 Å². The number of rotatable bonds is 3. The van der Waals surface area contributed by atoms with Gasteiger partial charge in [-0.3, -0.25) is 0 Å². The predicted octanol–water partition coefficient (Wildman–Crippen LogP) is 3.87. The molecule has 4 heteroatoms. The first-order valence-electron chi connectivity index (χ1n) is 6.30. The fraction of sp³-hybridized carbons (Fsp3) is 0.500. The van der Waals surface area contributed by atoms with E-state index in [4.69, 9.17) is 21.3 Å². The number of benzene rings is 1. The first-order chi connectivity index (χ1) is 8.81. The number of thiazole rings is 1. The first kappa shape index (κ1) is 12.4. The molecule has 1 aliphatic heterocycles. The lowest BCUT2D eigenvalue weighted by atomic mass is 9.79. The second kappa shape index (κ2) is 5.16. The van der Waals surface area contributed by atoms with Gasteiger partial charge in [-0.05, 0) is 30.4 Å². The minimum Gasteiger partial charge on any atom is -0.381 e. The summed E-state index contributed by atoms with van der Waals surface area (Å²) in [6.07, 6.45) is 3.08. The molecule has 0 atom stereocenters. The maximum Gasteiger partial charge on any atom is 0.0944 e. The molecule has 0 spiro atoms. The molecule has 1 saturated heterocycles. The van der Waals surface area contributed by atoms with Gasteiger partial charge in [0.25, 0.3) is 0 Å². The highest BCUT2D eigenvalue weighted by Crippen LogP contribution is 2.37. The molecule has 0 unspecified atom stereocenters. The van der Waals surface area contributed by atoms with Gasteiger partial charge in [0.05, 0.1) is 15.2 Å². The number of hydrogen-bond acceptors (Lipinski definition) is 3. The number of alkyl halides is 1. The predicted molar refractivity (Wildman–Crippen MR) is 76.5 cm³/mol. The summed E-state index contributed by atoms with van der Waals surface area (Å²) < 4.78 is 6.72. The Balaban J connectivity index is 1.85. The van der Waals surface area contributed by atoms with Crippen LogP contribution in [0.25, 0.3) is 10.2 Å². The number of ether oxygens (including phenoxy) is 1. The Morgan fingerprint density at radius 2 is 2.06 bits per heavy atom. The third-order valence-electron chi connectivity index (χ3n) is 3.70. The van der Waals surface area contributed by atoms with Crippen molar-refractivity contribution in [2.24, 2.45) is 5.41 Å². The molecule has 0 bridgehead atoms. The monoisotopic (exact) mass is 281 g/mol. The van der Waals surface area contributed by atoms with E-state index in [-0.39, 0.29) is 5.41 Å². The topological polar surface area (TPSA) is 22.1 Å². The van der Waals surface area contributed by atoms with E-state index in [2.05, 4.69) is 18.2 Å². The molecular formula is C14H16ClNOS. The van der Waals surface area contributed by atoms with Crippen LogP contribution >= 0.6 is 22.9 Å². The molecule has 2 heterocycles. The van der Waals surface area contributed by atoms with Crippen molar-refractivity contribution in [3.05, 3.63) is 29.3 Å². The van der Waals surface area contributed by atoms with Crippen LogP contribution in [-0.4, -0.2) is 24.1 Å². The molecule has 2 aromatic rings. The second-order valence-corrected chi connectivity index (χ2v) is 6.38. The summed E-state index contributed by atoms with van der Waals surface area (Å²) in [4.78, 5) is 4.72. The normalized spacial score (nSPS) is 19.2. The molecule has 1 fully saturated rings. The zero-order valence-electron chi connectivity index (χ0n) is 10.2. The summed E-state index contributed by atoms with van der Waals surface area (Å²) in [6.45, 7) is 1.66. The van der Waals surface area contributed by atoms with Gasteiger partial charge in [0, 0.05) is 25.5 Å². The van der Waals surface area contributed by atoms with Crippen molar-refractivity contribution in [1.29, 1.82) is 0 Å². The fourth-order valence-corrected chi connectivity index (χ4v) is 3.98. The van der Waals surface area contributed by atoms with Gasteiger partial charge in [0.15, 0.2) is 0 Å². The lowest BCUT2D eigenvalue weighted by molar-refractivity contribution is 0.0258. The summed E-state index contributed by atoms with van der Waals surface area (Å²) in [6, 6.07) is 8.31. The highest BCUT2D eigenvalue weighted by Gasteiger charge is 2.33. The summed E-state index contributed by atoms with van der Waals surface area (Å²) >= 11 is 8.00. The van der Waals surface area contributed by atoms with Crippen molar-refractivity contribution in [1.82, 2.24) is 4.98 Å². The molecule has 2 nitrogen and oxygen atoms in total. The van der Waals surface area contributed by atoms with Crippen LogP contribution in [0.15, 0.2) is 24.3 Å². The highest BCUT2D eigenvalue weighted by atomic mass is 35.5. The van der Waals surface area contributed by atoms with Gasteiger partial charge in [-0.25, -0.2) is 4.98 Å². The van der Waals surface area contributed by atoms with E-state index >= 15 is 0 Å². The van der Waals surface area contributed by atoms with Crippen LogP contribution in [-0.2, 0) is 11.2 Å². The molecular weight excluding hydrogens is 266 g/mol. The number of halogens is 1. The highest BCUT2D eigenvalue weighted by molar-refractivity contribution is 7.18. The minimum absolute atomic E-state index is 0.188. The van der Waals surface area contributed by atoms with Gasteiger partial charge in [0.1, 0.15) is 0 Å². The van der Waals surface area contributed by atoms with E-state index in [1.54, 1.807) is 11.3 Å². The lowest BCUT2D eigenvalue weighted by Gasteiger charge is -2.34. The Kier molecular flexibility index (Phi) is 3.55. The minimum atomic E-state index is 0.188. The van der Waals surface area contributed by atoms with Crippen molar-refractivity contribution in [2.45, 2.75) is 19.3 Å². The van der Waals surface area contributed by atoms with Crippen LogP contribution in [0.2, 0.25) is 0 Å². The summed E-state index contributed by atoms with van der Waals surface area (Å²) in [5.41, 5.74) is 1.29. The van der Waals surface area contributed by atoms with Gasteiger partial charge in [-0.2, -0.15) is 0 Å². The van der Waals surface area contributed by atoms with Gasteiger partial charge < -0.3 is 4.74 Å². The number of hydrogen-bond donors (Lipinski definition) is 0. The van der Waals surface area contributed by atoms with Gasteiger partial charge in [-0.15, -0.1) is 22.9 Å². The van der Waals surface area contributed by atoms with Crippen molar-refractivity contribution < 1.29 is 4.74 Å². The van der Waals surface area contributed by atoms with Crippen molar-refractivity contribution in [3.8, 4) is 0 Å². The number of para-hydroxylation sites is 1. The van der Waals surface area contributed by atoms with Crippen LogP contribution in [0.3, 0.4) is 0 Å². The average molecular weight is 282 g/mol. The number of fused-ring (bicyclic) bond motifs is 1. The SMILES string of the molecule is ClCC1(Cc2nc3ccccc3s2)CCOCC1. The quantitative estimate of drug-likeness (QED) is 0.797. The Hall–Kier alpha value is -0.640. The smallest absolute Gasteiger partial charge is 0.0944 e. The number of nitrogens with zero attached hydrogens (tertiary/aromatic N) is 1. The van der Waals surface area contributed by atoms with Crippen LogP contribution < -0.4 is 0 Å². The first-order valence-corrected chi connectivity index (χ1v) is 7.65. The van der Waals surface area contributed by atoms with E-state index < -0.39 is 0 Å². The maximum absolute atomic E-state index is 6.21. The van der Waals surface area contributed by atoms with Crippen molar-refractivity contribution >= 4 is 33.2 Å².